The topological polar surface area (TPSA) is 59.6 Å². The van der Waals surface area contributed by atoms with Gasteiger partial charge >= 0.3 is 0 Å². The molecule has 2 N–H and O–H groups in total. The second-order valence-corrected chi connectivity index (χ2v) is 4.35. The van der Waals surface area contributed by atoms with Gasteiger partial charge in [-0.1, -0.05) is 0 Å². The minimum atomic E-state index is -0.181. The second-order valence-electron chi connectivity index (χ2n) is 4.35. The first-order chi connectivity index (χ1) is 10.2. The molecule has 2 rings (SSSR count). The molecule has 0 spiro atoms. The molecule has 0 aliphatic carbocycles. The lowest BCUT2D eigenvalue weighted by molar-refractivity contribution is 0.102. The van der Waals surface area contributed by atoms with Crippen molar-refractivity contribution in [1.82, 2.24) is 0 Å². The van der Waals surface area contributed by atoms with Gasteiger partial charge in [0.1, 0.15) is 11.5 Å². The van der Waals surface area contributed by atoms with E-state index in [-0.39, 0.29) is 5.91 Å². The van der Waals surface area contributed by atoms with Gasteiger partial charge in [0.15, 0.2) is 0 Å². The average molecular weight is 286 g/mol. The standard InChI is InChI=1S/C16H18N2O3/c1-17-14-10-11(4-9-15(14)21-3)16(19)18-12-5-7-13(20-2)8-6-12/h4-10,17H,1-3H3,(H,18,19). The van der Waals surface area contributed by atoms with Crippen LogP contribution < -0.4 is 20.1 Å². The Morgan fingerprint density at radius 2 is 1.71 bits per heavy atom. The largest absolute Gasteiger partial charge is 0.497 e. The van der Waals surface area contributed by atoms with Crippen LogP contribution in [0.4, 0.5) is 11.4 Å². The summed E-state index contributed by atoms with van der Waals surface area (Å²) in [5, 5.41) is 5.83. The van der Waals surface area contributed by atoms with Crippen LogP contribution in [0.25, 0.3) is 0 Å². The van der Waals surface area contributed by atoms with Gasteiger partial charge in [-0.05, 0) is 42.5 Å². The summed E-state index contributed by atoms with van der Waals surface area (Å²) in [7, 11) is 4.97. The van der Waals surface area contributed by atoms with Gasteiger partial charge in [-0.25, -0.2) is 0 Å². The smallest absolute Gasteiger partial charge is 0.255 e. The number of anilines is 2. The molecule has 110 valence electrons. The first-order valence-electron chi connectivity index (χ1n) is 6.49. The molecule has 0 aromatic heterocycles. The van der Waals surface area contributed by atoms with Gasteiger partial charge in [0.25, 0.3) is 5.91 Å². The van der Waals surface area contributed by atoms with Crippen LogP contribution in [0.15, 0.2) is 42.5 Å². The number of carbonyl (C=O) groups excluding carboxylic acids is 1. The van der Waals surface area contributed by atoms with Gasteiger partial charge in [0.05, 0.1) is 19.9 Å². The fourth-order valence-corrected chi connectivity index (χ4v) is 1.92. The van der Waals surface area contributed by atoms with Crippen LogP contribution >= 0.6 is 0 Å². The van der Waals surface area contributed by atoms with E-state index in [0.717, 1.165) is 11.4 Å². The number of hydrogen-bond donors (Lipinski definition) is 2. The van der Waals surface area contributed by atoms with Crippen LogP contribution in [0.5, 0.6) is 11.5 Å². The zero-order valence-electron chi connectivity index (χ0n) is 12.3. The Bertz CT molecular complexity index is 624. The normalized spacial score (nSPS) is 9.86. The fourth-order valence-electron chi connectivity index (χ4n) is 1.92. The van der Waals surface area contributed by atoms with Crippen LogP contribution in [0.2, 0.25) is 0 Å². The Hall–Kier alpha value is -2.69. The predicted octanol–water partition coefficient (Wildman–Crippen LogP) is 3.00. The average Bonchev–Trinajstić information content (AvgIpc) is 2.54. The van der Waals surface area contributed by atoms with Crippen molar-refractivity contribution >= 4 is 17.3 Å². The van der Waals surface area contributed by atoms with Crippen molar-refractivity contribution in [3.8, 4) is 11.5 Å². The van der Waals surface area contributed by atoms with E-state index in [4.69, 9.17) is 9.47 Å². The number of carbonyl (C=O) groups is 1. The third kappa shape index (κ3) is 3.45. The maximum Gasteiger partial charge on any atom is 0.255 e. The van der Waals surface area contributed by atoms with Gasteiger partial charge in [0.2, 0.25) is 0 Å². The van der Waals surface area contributed by atoms with Gasteiger partial charge in [-0.15, -0.1) is 0 Å². The van der Waals surface area contributed by atoms with E-state index < -0.39 is 0 Å². The number of ether oxygens (including phenoxy) is 2. The van der Waals surface area contributed by atoms with Crippen LogP contribution in [0, 0.1) is 0 Å². The van der Waals surface area contributed by atoms with E-state index in [9.17, 15) is 4.79 Å². The highest BCUT2D eigenvalue weighted by Crippen LogP contribution is 2.25. The number of benzene rings is 2. The number of rotatable bonds is 5. The third-order valence-electron chi connectivity index (χ3n) is 3.08. The maximum atomic E-state index is 12.2. The molecule has 0 radical (unpaired) electrons. The summed E-state index contributed by atoms with van der Waals surface area (Å²) >= 11 is 0. The van der Waals surface area contributed by atoms with Crippen molar-refractivity contribution in [2.75, 3.05) is 31.9 Å². The molecule has 0 heterocycles. The van der Waals surface area contributed by atoms with Crippen LogP contribution in [-0.2, 0) is 0 Å². The molecular formula is C16H18N2O3. The van der Waals surface area contributed by atoms with Crippen molar-refractivity contribution in [2.45, 2.75) is 0 Å². The van der Waals surface area contributed by atoms with Crippen LogP contribution in [-0.4, -0.2) is 27.2 Å². The van der Waals surface area contributed by atoms with Crippen molar-refractivity contribution in [2.24, 2.45) is 0 Å². The zero-order chi connectivity index (χ0) is 15.2. The molecule has 0 saturated heterocycles. The quantitative estimate of drug-likeness (QED) is 0.887. The van der Waals surface area contributed by atoms with Crippen LogP contribution in [0.1, 0.15) is 10.4 Å². The molecule has 0 aliphatic heterocycles. The monoisotopic (exact) mass is 286 g/mol. The lowest BCUT2D eigenvalue weighted by Gasteiger charge is -2.11. The number of methoxy groups -OCH3 is 2. The summed E-state index contributed by atoms with van der Waals surface area (Å²) < 4.78 is 10.3. The zero-order valence-corrected chi connectivity index (χ0v) is 12.3. The minimum absolute atomic E-state index is 0.181. The van der Waals surface area contributed by atoms with Gasteiger partial charge < -0.3 is 20.1 Å². The van der Waals surface area contributed by atoms with E-state index in [0.29, 0.717) is 17.0 Å². The van der Waals surface area contributed by atoms with Crippen molar-refractivity contribution < 1.29 is 14.3 Å². The first-order valence-corrected chi connectivity index (χ1v) is 6.49. The molecule has 21 heavy (non-hydrogen) atoms. The van der Waals surface area contributed by atoms with Crippen molar-refractivity contribution in [3.63, 3.8) is 0 Å². The SMILES string of the molecule is CNc1cc(C(=O)Nc2ccc(OC)cc2)ccc1OC. The summed E-state index contributed by atoms with van der Waals surface area (Å²) in [4.78, 5) is 12.2. The van der Waals surface area contributed by atoms with E-state index in [1.807, 2.05) is 0 Å². The number of amides is 1. The highest BCUT2D eigenvalue weighted by atomic mass is 16.5. The lowest BCUT2D eigenvalue weighted by Crippen LogP contribution is -2.12. The molecule has 0 fully saturated rings. The molecule has 5 heteroatoms. The number of nitrogens with one attached hydrogen (secondary N) is 2. The summed E-state index contributed by atoms with van der Waals surface area (Å²) in [5.74, 6) is 1.26. The number of hydrogen-bond acceptors (Lipinski definition) is 4. The summed E-state index contributed by atoms with van der Waals surface area (Å²) in [6, 6.07) is 12.4. The molecule has 0 aliphatic rings. The summed E-state index contributed by atoms with van der Waals surface area (Å²) in [6.45, 7) is 0. The molecule has 0 unspecified atom stereocenters. The molecule has 2 aromatic rings. The van der Waals surface area contributed by atoms with Crippen molar-refractivity contribution in [3.05, 3.63) is 48.0 Å². The van der Waals surface area contributed by atoms with Crippen LogP contribution in [0.3, 0.4) is 0 Å². The Morgan fingerprint density at radius 3 is 2.29 bits per heavy atom. The first kappa shape index (κ1) is 14.7. The summed E-state index contributed by atoms with van der Waals surface area (Å²) in [5.41, 5.74) is 2.03. The molecule has 5 nitrogen and oxygen atoms in total. The molecule has 0 atom stereocenters. The third-order valence-corrected chi connectivity index (χ3v) is 3.08. The molecule has 0 saturated carbocycles. The van der Waals surface area contributed by atoms with E-state index >= 15 is 0 Å². The molecule has 2 aromatic carbocycles. The Labute approximate surface area is 123 Å². The highest BCUT2D eigenvalue weighted by Gasteiger charge is 2.10. The maximum absolute atomic E-state index is 12.2. The van der Waals surface area contributed by atoms with E-state index in [1.165, 1.54) is 0 Å². The molecule has 0 bridgehead atoms. The van der Waals surface area contributed by atoms with E-state index in [1.54, 1.807) is 63.7 Å². The minimum Gasteiger partial charge on any atom is -0.497 e. The Kier molecular flexibility index (Phi) is 4.66. The van der Waals surface area contributed by atoms with Gasteiger partial charge in [-0.3, -0.25) is 4.79 Å². The van der Waals surface area contributed by atoms with Gasteiger partial charge in [0, 0.05) is 18.3 Å². The molecular weight excluding hydrogens is 268 g/mol. The second kappa shape index (κ2) is 6.65. The highest BCUT2D eigenvalue weighted by molar-refractivity contribution is 6.05. The predicted molar refractivity (Wildman–Crippen MR) is 83.5 cm³/mol. The Balaban J connectivity index is 2.15. The molecule has 1 amide bonds. The summed E-state index contributed by atoms with van der Waals surface area (Å²) in [6.07, 6.45) is 0. The lowest BCUT2D eigenvalue weighted by atomic mass is 10.1. The van der Waals surface area contributed by atoms with E-state index in [2.05, 4.69) is 10.6 Å². The Morgan fingerprint density at radius 1 is 1.00 bits per heavy atom. The fraction of sp³-hybridized carbons (Fsp3) is 0.188. The van der Waals surface area contributed by atoms with Crippen molar-refractivity contribution in [1.29, 1.82) is 0 Å². The van der Waals surface area contributed by atoms with Gasteiger partial charge in [-0.2, -0.15) is 0 Å².